The van der Waals surface area contributed by atoms with Crippen LogP contribution in [0.1, 0.15) is 18.5 Å². The van der Waals surface area contributed by atoms with Crippen molar-refractivity contribution in [3.63, 3.8) is 0 Å². The van der Waals surface area contributed by atoms with Gasteiger partial charge in [-0.15, -0.1) is 0 Å². The first-order valence-corrected chi connectivity index (χ1v) is 7.54. The first-order chi connectivity index (χ1) is 11.7. The highest BCUT2D eigenvalue weighted by Crippen LogP contribution is 2.47. The quantitative estimate of drug-likeness (QED) is 0.657. The first kappa shape index (κ1) is 19.2. The zero-order valence-corrected chi connectivity index (χ0v) is 13.5. The molecule has 1 saturated heterocycles. The van der Waals surface area contributed by atoms with Gasteiger partial charge in [-0.25, -0.2) is 4.39 Å². The topological polar surface area (TPSA) is 64.6 Å². The average molecular weight is 363 g/mol. The lowest BCUT2D eigenvalue weighted by Crippen LogP contribution is -2.45. The van der Waals surface area contributed by atoms with Crippen LogP contribution in [0, 0.1) is 17.7 Å². The smallest absolute Gasteiger partial charge is 0.394 e. The van der Waals surface area contributed by atoms with Crippen LogP contribution in [0.25, 0.3) is 0 Å². The van der Waals surface area contributed by atoms with E-state index in [1.807, 2.05) is 0 Å². The molecule has 1 aliphatic rings. The third kappa shape index (κ3) is 3.76. The molecule has 1 aliphatic heterocycles. The number of methoxy groups -OCH3 is 1. The number of ether oxygens (including phenoxy) is 2. The summed E-state index contributed by atoms with van der Waals surface area (Å²) in [5.41, 5.74) is -0.152. The Morgan fingerprint density at radius 2 is 1.84 bits per heavy atom. The number of benzene rings is 1. The standard InChI is InChI=1S/C16H17F4NO4/c1-3-25-14(22)10-11(16(18,19)20)13(15(23)24-2)21-12(10)8-6-4-5-7-9(8)17/h4-7,10-13,21H,3H2,1-2H3/t10-,11+,12+,13+/m0/s1. The highest BCUT2D eigenvalue weighted by Gasteiger charge is 2.62. The van der Waals surface area contributed by atoms with Crippen LogP contribution in [0.3, 0.4) is 0 Å². The van der Waals surface area contributed by atoms with E-state index in [1.165, 1.54) is 25.1 Å². The molecule has 25 heavy (non-hydrogen) atoms. The fourth-order valence-electron chi connectivity index (χ4n) is 3.08. The summed E-state index contributed by atoms with van der Waals surface area (Å²) in [5, 5.41) is 2.41. The van der Waals surface area contributed by atoms with Gasteiger partial charge in [-0.1, -0.05) is 18.2 Å². The van der Waals surface area contributed by atoms with Crippen LogP contribution in [0.2, 0.25) is 0 Å². The summed E-state index contributed by atoms with van der Waals surface area (Å²) >= 11 is 0. The van der Waals surface area contributed by atoms with Crippen LogP contribution < -0.4 is 5.32 Å². The van der Waals surface area contributed by atoms with Crippen molar-refractivity contribution in [2.24, 2.45) is 11.8 Å². The molecule has 0 amide bonds. The van der Waals surface area contributed by atoms with Crippen LogP contribution >= 0.6 is 0 Å². The van der Waals surface area contributed by atoms with Gasteiger partial charge in [0.2, 0.25) is 0 Å². The molecular weight excluding hydrogens is 346 g/mol. The highest BCUT2D eigenvalue weighted by molar-refractivity contribution is 5.81. The molecule has 2 rings (SSSR count). The SMILES string of the molecule is CCOC(=O)[C@H]1[C@@H](C(F)(F)F)[C@H](C(=O)OC)N[C@@H]1c1ccccc1F. The molecule has 0 unspecified atom stereocenters. The fourth-order valence-corrected chi connectivity index (χ4v) is 3.08. The van der Waals surface area contributed by atoms with Gasteiger partial charge in [-0.3, -0.25) is 14.9 Å². The molecule has 1 N–H and O–H groups in total. The van der Waals surface area contributed by atoms with Gasteiger partial charge in [0.05, 0.1) is 25.6 Å². The zero-order chi connectivity index (χ0) is 18.8. The van der Waals surface area contributed by atoms with E-state index in [0.717, 1.165) is 13.2 Å². The number of carbonyl (C=O) groups is 2. The predicted molar refractivity (Wildman–Crippen MR) is 77.7 cm³/mol. The Kier molecular flexibility index (Phi) is 5.66. The number of rotatable bonds is 4. The number of nitrogens with one attached hydrogen (secondary N) is 1. The molecule has 1 heterocycles. The lowest BCUT2D eigenvalue weighted by atomic mass is 9.83. The Bertz CT molecular complexity index is 649. The van der Waals surface area contributed by atoms with Crippen LogP contribution in [-0.4, -0.2) is 37.9 Å². The molecule has 0 spiro atoms. The molecule has 5 nitrogen and oxygen atoms in total. The van der Waals surface area contributed by atoms with Gasteiger partial charge >= 0.3 is 18.1 Å². The molecule has 0 radical (unpaired) electrons. The van der Waals surface area contributed by atoms with E-state index in [4.69, 9.17) is 4.74 Å². The van der Waals surface area contributed by atoms with Gasteiger partial charge in [0, 0.05) is 11.6 Å². The Labute approximate surface area is 141 Å². The molecule has 0 aliphatic carbocycles. The van der Waals surface area contributed by atoms with E-state index in [1.54, 1.807) is 0 Å². The van der Waals surface area contributed by atoms with E-state index in [-0.39, 0.29) is 12.2 Å². The molecular formula is C16H17F4NO4. The molecule has 4 atom stereocenters. The summed E-state index contributed by atoms with van der Waals surface area (Å²) in [6.45, 7) is 1.30. The molecule has 0 aromatic heterocycles. The van der Waals surface area contributed by atoms with E-state index in [2.05, 4.69) is 10.1 Å². The largest absolute Gasteiger partial charge is 0.468 e. The van der Waals surface area contributed by atoms with Crippen molar-refractivity contribution in [1.29, 1.82) is 0 Å². The number of halogens is 4. The summed E-state index contributed by atoms with van der Waals surface area (Å²) in [6.07, 6.45) is -4.90. The summed E-state index contributed by atoms with van der Waals surface area (Å²) in [6, 6.07) is 1.89. The van der Waals surface area contributed by atoms with Gasteiger partial charge < -0.3 is 9.47 Å². The second kappa shape index (κ2) is 7.38. The van der Waals surface area contributed by atoms with Gasteiger partial charge in [0.1, 0.15) is 11.9 Å². The van der Waals surface area contributed by atoms with E-state index in [0.29, 0.717) is 0 Å². The third-order valence-electron chi connectivity index (χ3n) is 4.10. The summed E-state index contributed by atoms with van der Waals surface area (Å²) in [7, 11) is 0.938. The van der Waals surface area contributed by atoms with E-state index in [9.17, 15) is 27.2 Å². The highest BCUT2D eigenvalue weighted by atomic mass is 19.4. The van der Waals surface area contributed by atoms with E-state index >= 15 is 0 Å². The monoisotopic (exact) mass is 363 g/mol. The Morgan fingerprint density at radius 1 is 1.20 bits per heavy atom. The van der Waals surface area contributed by atoms with Gasteiger partial charge in [-0.2, -0.15) is 13.2 Å². The lowest BCUT2D eigenvalue weighted by molar-refractivity contribution is -0.200. The number of alkyl halides is 3. The predicted octanol–water partition coefficient (Wildman–Crippen LogP) is 2.37. The number of esters is 2. The molecule has 0 saturated carbocycles. The minimum Gasteiger partial charge on any atom is -0.468 e. The molecule has 1 aromatic rings. The minimum atomic E-state index is -4.90. The molecule has 1 aromatic carbocycles. The van der Waals surface area contributed by atoms with Crippen LogP contribution in [0.15, 0.2) is 24.3 Å². The second-order valence-electron chi connectivity index (χ2n) is 5.51. The molecule has 9 heteroatoms. The summed E-state index contributed by atoms with van der Waals surface area (Å²) in [4.78, 5) is 24.0. The van der Waals surface area contributed by atoms with Crippen molar-refractivity contribution in [3.8, 4) is 0 Å². The van der Waals surface area contributed by atoms with Gasteiger partial charge in [-0.05, 0) is 13.0 Å². The average Bonchev–Trinajstić information content (AvgIpc) is 2.95. The Morgan fingerprint density at radius 3 is 2.36 bits per heavy atom. The number of hydrogen-bond donors (Lipinski definition) is 1. The molecule has 1 fully saturated rings. The maximum Gasteiger partial charge on any atom is 0.394 e. The second-order valence-corrected chi connectivity index (χ2v) is 5.51. The van der Waals surface area contributed by atoms with Crippen LogP contribution in [0.4, 0.5) is 17.6 Å². The van der Waals surface area contributed by atoms with Crippen LogP contribution in [-0.2, 0) is 19.1 Å². The summed E-state index contributed by atoms with van der Waals surface area (Å²) < 4.78 is 64.1. The maximum absolute atomic E-state index is 14.1. The number of carbonyl (C=O) groups excluding carboxylic acids is 2. The normalized spacial score (nSPS) is 26.3. The van der Waals surface area contributed by atoms with Crippen molar-refractivity contribution in [1.82, 2.24) is 5.32 Å². The van der Waals surface area contributed by atoms with Crippen molar-refractivity contribution < 1.29 is 36.6 Å². The lowest BCUT2D eigenvalue weighted by Gasteiger charge is -2.25. The third-order valence-corrected chi connectivity index (χ3v) is 4.10. The molecule has 0 bridgehead atoms. The minimum absolute atomic E-state index is 0.146. The van der Waals surface area contributed by atoms with Crippen molar-refractivity contribution in [2.75, 3.05) is 13.7 Å². The maximum atomic E-state index is 14.1. The first-order valence-electron chi connectivity index (χ1n) is 7.54. The van der Waals surface area contributed by atoms with Crippen LogP contribution in [0.5, 0.6) is 0 Å². The fraction of sp³-hybridized carbons (Fsp3) is 0.500. The summed E-state index contributed by atoms with van der Waals surface area (Å²) in [5.74, 6) is -7.35. The zero-order valence-electron chi connectivity index (χ0n) is 13.5. The Balaban J connectivity index is 2.55. The van der Waals surface area contributed by atoms with Gasteiger partial charge in [0.25, 0.3) is 0 Å². The van der Waals surface area contributed by atoms with Crippen molar-refractivity contribution in [2.45, 2.75) is 25.2 Å². The van der Waals surface area contributed by atoms with Crippen molar-refractivity contribution >= 4 is 11.9 Å². The van der Waals surface area contributed by atoms with Crippen molar-refractivity contribution in [3.05, 3.63) is 35.6 Å². The van der Waals surface area contributed by atoms with E-state index < -0.39 is 47.9 Å². The van der Waals surface area contributed by atoms with Gasteiger partial charge in [0.15, 0.2) is 0 Å². The number of hydrogen-bond acceptors (Lipinski definition) is 5. The Hall–Kier alpha value is -2.16. The molecule has 138 valence electrons.